The predicted octanol–water partition coefficient (Wildman–Crippen LogP) is 4.12. The number of rotatable bonds is 5. The van der Waals surface area contributed by atoms with Crippen LogP contribution in [0.5, 0.6) is 5.75 Å². The zero-order valence-corrected chi connectivity index (χ0v) is 18.0. The first-order valence-electron chi connectivity index (χ1n) is 10.1. The average molecular weight is 424 g/mol. The van der Waals surface area contributed by atoms with Crippen LogP contribution >= 0.6 is 0 Å². The zero-order chi connectivity index (χ0) is 22.2. The molecule has 0 atom stereocenters. The van der Waals surface area contributed by atoms with Crippen LogP contribution in [-0.2, 0) is 23.0 Å². The van der Waals surface area contributed by atoms with E-state index in [1.807, 2.05) is 25.4 Å². The molecule has 1 aromatic carbocycles. The summed E-state index contributed by atoms with van der Waals surface area (Å²) in [5.41, 5.74) is 2.39. The average Bonchev–Trinajstić information content (AvgIpc) is 3.35. The van der Waals surface area contributed by atoms with Crippen molar-refractivity contribution in [2.24, 2.45) is 12.0 Å². The van der Waals surface area contributed by atoms with E-state index < -0.39 is 5.60 Å². The number of amides is 1. The summed E-state index contributed by atoms with van der Waals surface area (Å²) in [4.78, 5) is 17.6. The quantitative estimate of drug-likeness (QED) is 0.783. The number of nitrogens with one attached hydrogen (secondary N) is 1. The fraction of sp³-hybridized carbons (Fsp3) is 0.348. The molecule has 4 rings (SSSR count). The van der Waals surface area contributed by atoms with E-state index >= 15 is 0 Å². The Morgan fingerprint density at radius 2 is 2.06 bits per heavy atom. The van der Waals surface area contributed by atoms with Crippen LogP contribution in [0.25, 0.3) is 11.1 Å². The Morgan fingerprint density at radius 1 is 1.26 bits per heavy atom. The van der Waals surface area contributed by atoms with Crippen LogP contribution in [0.4, 0.5) is 10.1 Å². The summed E-state index contributed by atoms with van der Waals surface area (Å²) in [5, 5.41) is 7.13. The Bertz CT molecular complexity index is 1130. The summed E-state index contributed by atoms with van der Waals surface area (Å²) in [5.74, 6) is 1.31. The summed E-state index contributed by atoms with van der Waals surface area (Å²) in [7, 11) is 3.47. The number of aryl methyl sites for hydroxylation is 1. The van der Waals surface area contributed by atoms with Crippen molar-refractivity contribution in [2.45, 2.75) is 38.7 Å². The number of fused-ring (bicyclic) bond motifs is 1. The summed E-state index contributed by atoms with van der Waals surface area (Å²) >= 11 is 0. The maximum Gasteiger partial charge on any atom is 0.268 e. The number of carbonyl (C=O) groups excluding carboxylic acids is 1. The molecule has 1 aromatic heterocycles. The Labute approximate surface area is 180 Å². The normalized spacial score (nSPS) is 15.6. The van der Waals surface area contributed by atoms with Gasteiger partial charge in [0.15, 0.2) is 5.60 Å². The van der Waals surface area contributed by atoms with Crippen LogP contribution in [0.15, 0.2) is 53.3 Å². The van der Waals surface area contributed by atoms with Gasteiger partial charge in [-0.25, -0.2) is 9.38 Å². The smallest absolute Gasteiger partial charge is 0.268 e. The monoisotopic (exact) mass is 424 g/mol. The molecule has 1 aliphatic carbocycles. The molecule has 1 aliphatic heterocycles. The molecule has 0 fully saturated rings. The van der Waals surface area contributed by atoms with Crippen molar-refractivity contribution in [3.63, 3.8) is 0 Å². The van der Waals surface area contributed by atoms with Gasteiger partial charge in [-0.3, -0.25) is 9.48 Å². The molecular weight excluding hydrogens is 399 g/mol. The topological polar surface area (TPSA) is 77.7 Å². The number of amidine groups is 1. The van der Waals surface area contributed by atoms with E-state index in [-0.39, 0.29) is 18.2 Å². The van der Waals surface area contributed by atoms with E-state index in [9.17, 15) is 9.18 Å². The largest absolute Gasteiger partial charge is 0.496 e. The van der Waals surface area contributed by atoms with Crippen molar-refractivity contribution in [1.82, 2.24) is 15.1 Å². The number of allylic oxidation sites excluding steroid dienone is 4. The Kier molecular flexibility index (Phi) is 5.39. The number of methoxy groups -OCH3 is 1. The molecule has 0 radical (unpaired) electrons. The maximum absolute atomic E-state index is 13.2. The van der Waals surface area contributed by atoms with Gasteiger partial charge in [0.05, 0.1) is 24.8 Å². The lowest BCUT2D eigenvalue weighted by Crippen LogP contribution is -2.46. The minimum atomic E-state index is -1.14. The molecule has 162 valence electrons. The molecule has 2 aliphatic rings. The number of hydrogen-bond acceptors (Lipinski definition) is 5. The highest BCUT2D eigenvalue weighted by molar-refractivity contribution is 6.07. The van der Waals surface area contributed by atoms with Gasteiger partial charge in [-0.15, -0.1) is 0 Å². The fourth-order valence-electron chi connectivity index (χ4n) is 3.65. The highest BCUT2D eigenvalue weighted by Gasteiger charge is 2.33. The highest BCUT2D eigenvalue weighted by atomic mass is 19.1. The van der Waals surface area contributed by atoms with Gasteiger partial charge in [-0.05, 0) is 38.1 Å². The lowest BCUT2D eigenvalue weighted by atomic mass is 10.0. The Hall–Kier alpha value is -3.42. The Balaban J connectivity index is 1.55. The van der Waals surface area contributed by atoms with Gasteiger partial charge in [0.1, 0.15) is 17.4 Å². The number of hydrogen-bond donors (Lipinski definition) is 1. The molecule has 7 nitrogen and oxygen atoms in total. The van der Waals surface area contributed by atoms with Crippen LogP contribution < -0.4 is 10.1 Å². The highest BCUT2D eigenvalue weighted by Crippen LogP contribution is 2.42. The maximum atomic E-state index is 13.2. The van der Waals surface area contributed by atoms with Crippen LogP contribution in [-0.4, -0.2) is 34.2 Å². The molecule has 0 spiro atoms. The Morgan fingerprint density at radius 3 is 2.71 bits per heavy atom. The van der Waals surface area contributed by atoms with E-state index in [1.54, 1.807) is 37.9 Å². The minimum Gasteiger partial charge on any atom is -0.496 e. The molecule has 8 heteroatoms. The number of benzene rings is 1. The van der Waals surface area contributed by atoms with E-state index in [0.717, 1.165) is 22.4 Å². The molecule has 2 heterocycles. The molecule has 0 saturated heterocycles. The number of nitrogens with zero attached hydrogens (tertiary/aromatic N) is 3. The van der Waals surface area contributed by atoms with Crippen molar-refractivity contribution in [2.75, 3.05) is 7.11 Å². The van der Waals surface area contributed by atoms with Gasteiger partial charge in [0.25, 0.3) is 5.91 Å². The third kappa shape index (κ3) is 4.23. The SMILES string of the molecule is COc1ccc(-c2cnn(C)c2)c2c1CC(NC(=O)C(C)(C)OC1=CC=C(F)CC1)=N2. The van der Waals surface area contributed by atoms with Gasteiger partial charge in [0, 0.05) is 49.2 Å². The molecule has 1 N–H and O–H groups in total. The van der Waals surface area contributed by atoms with Crippen LogP contribution in [0.1, 0.15) is 32.3 Å². The van der Waals surface area contributed by atoms with Crippen LogP contribution in [0.2, 0.25) is 0 Å². The van der Waals surface area contributed by atoms with E-state index in [4.69, 9.17) is 14.5 Å². The van der Waals surface area contributed by atoms with Crippen molar-refractivity contribution in [3.05, 3.63) is 53.8 Å². The minimum absolute atomic E-state index is 0.189. The molecule has 0 unspecified atom stereocenters. The number of ether oxygens (including phenoxy) is 2. The van der Waals surface area contributed by atoms with Gasteiger partial charge >= 0.3 is 0 Å². The summed E-state index contributed by atoms with van der Waals surface area (Å²) < 4.78 is 26.3. The number of halogens is 1. The van der Waals surface area contributed by atoms with Crippen LogP contribution in [0.3, 0.4) is 0 Å². The molecule has 2 aromatic rings. The molecule has 31 heavy (non-hydrogen) atoms. The summed E-state index contributed by atoms with van der Waals surface area (Å²) in [6, 6.07) is 3.84. The van der Waals surface area contributed by atoms with Crippen molar-refractivity contribution < 1.29 is 18.7 Å². The predicted molar refractivity (Wildman–Crippen MR) is 116 cm³/mol. The molecule has 0 bridgehead atoms. The lowest BCUT2D eigenvalue weighted by molar-refractivity contribution is -0.137. The van der Waals surface area contributed by atoms with Crippen molar-refractivity contribution in [1.29, 1.82) is 0 Å². The van der Waals surface area contributed by atoms with Crippen LogP contribution in [0, 0.1) is 0 Å². The third-order valence-electron chi connectivity index (χ3n) is 5.32. The van der Waals surface area contributed by atoms with E-state index in [0.29, 0.717) is 30.2 Å². The second kappa shape index (κ2) is 8.02. The number of carbonyl (C=O) groups is 1. The van der Waals surface area contributed by atoms with Crippen molar-refractivity contribution >= 4 is 17.4 Å². The lowest BCUT2D eigenvalue weighted by Gasteiger charge is -2.27. The molecule has 0 saturated carbocycles. The first kappa shape index (κ1) is 20.8. The van der Waals surface area contributed by atoms with Gasteiger partial charge in [-0.1, -0.05) is 0 Å². The summed E-state index contributed by atoms with van der Waals surface area (Å²) in [6.07, 6.45) is 7.78. The van der Waals surface area contributed by atoms with Gasteiger partial charge < -0.3 is 14.8 Å². The second-order valence-corrected chi connectivity index (χ2v) is 8.09. The molecular formula is C23H25FN4O3. The van der Waals surface area contributed by atoms with E-state index in [2.05, 4.69) is 10.4 Å². The van der Waals surface area contributed by atoms with E-state index in [1.165, 1.54) is 6.08 Å². The number of aliphatic imine (C=N–C) groups is 1. The first-order valence-corrected chi connectivity index (χ1v) is 10.1. The third-order valence-corrected chi connectivity index (χ3v) is 5.32. The fourth-order valence-corrected chi connectivity index (χ4v) is 3.65. The standard InChI is InChI=1S/C23H25FN4O3/c1-23(2,31-16-7-5-15(24)6-8-16)22(29)27-20-11-18-19(30-4)10-9-17(21(18)26-20)14-12-25-28(3)13-14/h5,7,9-10,12-13H,6,8,11H2,1-4H3,(H,26,27,29). The van der Waals surface area contributed by atoms with Gasteiger partial charge in [0.2, 0.25) is 0 Å². The first-order chi connectivity index (χ1) is 14.8. The summed E-state index contributed by atoms with van der Waals surface area (Å²) in [6.45, 7) is 3.37. The number of aromatic nitrogens is 2. The van der Waals surface area contributed by atoms with Gasteiger partial charge in [-0.2, -0.15) is 5.10 Å². The van der Waals surface area contributed by atoms with Crippen molar-refractivity contribution in [3.8, 4) is 16.9 Å². The second-order valence-electron chi connectivity index (χ2n) is 8.09. The molecule has 1 amide bonds. The zero-order valence-electron chi connectivity index (χ0n) is 18.0.